The lowest BCUT2D eigenvalue weighted by atomic mass is 10.2. The van der Waals surface area contributed by atoms with Crippen molar-refractivity contribution in [3.8, 4) is 0 Å². The summed E-state index contributed by atoms with van der Waals surface area (Å²) < 4.78 is 24.6. The van der Waals surface area contributed by atoms with Gasteiger partial charge in [-0.15, -0.1) is 0 Å². The van der Waals surface area contributed by atoms with Gasteiger partial charge in [0.05, 0.1) is 10.1 Å². The van der Waals surface area contributed by atoms with Crippen LogP contribution in [-0.2, 0) is 9.84 Å². The van der Waals surface area contributed by atoms with Crippen LogP contribution in [0.4, 0.5) is 0 Å². The van der Waals surface area contributed by atoms with Gasteiger partial charge in [-0.2, -0.15) is 0 Å². The molecule has 0 aliphatic rings. The predicted octanol–water partition coefficient (Wildman–Crippen LogP) is 3.56. The van der Waals surface area contributed by atoms with Crippen LogP contribution in [0.3, 0.4) is 0 Å². The molecule has 98 valence electrons. The van der Waals surface area contributed by atoms with Crippen molar-refractivity contribution < 1.29 is 8.42 Å². The molecule has 2 nitrogen and oxygen atoms in total. The number of benzene rings is 2. The van der Waals surface area contributed by atoms with E-state index in [-0.39, 0.29) is 0 Å². The summed E-state index contributed by atoms with van der Waals surface area (Å²) in [4.78, 5) is 0.361. The Morgan fingerprint density at radius 1 is 0.895 bits per heavy atom. The second-order valence-electron chi connectivity index (χ2n) is 4.33. The Bertz CT molecular complexity index is 644. The number of sulfone groups is 1. The Kier molecular flexibility index (Phi) is 4.17. The highest BCUT2D eigenvalue weighted by molar-refractivity contribution is 7.92. The van der Waals surface area contributed by atoms with Gasteiger partial charge < -0.3 is 0 Å². The van der Waals surface area contributed by atoms with Crippen LogP contribution >= 0.6 is 0 Å². The van der Waals surface area contributed by atoms with Crippen molar-refractivity contribution in [2.24, 2.45) is 0 Å². The first kappa shape index (κ1) is 13.6. The van der Waals surface area contributed by atoms with Crippen molar-refractivity contribution in [2.45, 2.75) is 17.1 Å². The first-order valence-electron chi connectivity index (χ1n) is 6.13. The van der Waals surface area contributed by atoms with Crippen LogP contribution in [0.1, 0.15) is 12.5 Å². The lowest BCUT2D eigenvalue weighted by Gasteiger charge is -2.08. The fourth-order valence-electron chi connectivity index (χ4n) is 1.74. The molecular weight excluding hydrogens is 256 g/mol. The molecule has 0 bridgehead atoms. The minimum absolute atomic E-state index is 0.361. The first-order chi connectivity index (χ1) is 9.10. The highest BCUT2D eigenvalue weighted by Gasteiger charge is 2.20. The summed E-state index contributed by atoms with van der Waals surface area (Å²) in [6.45, 7) is 1.70. The summed E-state index contributed by atoms with van der Waals surface area (Å²) in [5.74, 6) is 0. The van der Waals surface area contributed by atoms with E-state index >= 15 is 0 Å². The van der Waals surface area contributed by atoms with Crippen LogP contribution in [-0.4, -0.2) is 13.7 Å². The van der Waals surface area contributed by atoms with E-state index in [9.17, 15) is 8.42 Å². The Morgan fingerprint density at radius 3 is 2.00 bits per heavy atom. The van der Waals surface area contributed by atoms with Gasteiger partial charge in [0.25, 0.3) is 0 Å². The molecule has 0 saturated carbocycles. The highest BCUT2D eigenvalue weighted by Crippen LogP contribution is 2.17. The van der Waals surface area contributed by atoms with Gasteiger partial charge in [-0.05, 0) is 24.6 Å². The molecule has 2 aromatic carbocycles. The molecule has 0 aromatic heterocycles. The first-order valence-corrected chi connectivity index (χ1v) is 7.67. The van der Waals surface area contributed by atoms with Crippen molar-refractivity contribution >= 4 is 15.9 Å². The van der Waals surface area contributed by atoms with Crippen LogP contribution in [0.15, 0.2) is 71.6 Å². The molecule has 0 aliphatic carbocycles. The van der Waals surface area contributed by atoms with Crippen LogP contribution in [0.5, 0.6) is 0 Å². The van der Waals surface area contributed by atoms with E-state index in [1.807, 2.05) is 42.5 Å². The second kappa shape index (κ2) is 5.85. The molecule has 0 aliphatic heterocycles. The molecule has 1 atom stereocenters. The van der Waals surface area contributed by atoms with Crippen molar-refractivity contribution in [3.63, 3.8) is 0 Å². The van der Waals surface area contributed by atoms with Gasteiger partial charge in [0, 0.05) is 0 Å². The standard InChI is InChI=1S/C16H16O2S/c1-14(12-13-15-8-4-2-5-9-15)19(17,18)16-10-6-3-7-11-16/h2-14H,1H3/b13-12+. The van der Waals surface area contributed by atoms with Crippen molar-refractivity contribution in [3.05, 3.63) is 72.3 Å². The molecule has 0 N–H and O–H groups in total. The Hall–Kier alpha value is -1.87. The molecular formula is C16H16O2S. The van der Waals surface area contributed by atoms with E-state index in [2.05, 4.69) is 0 Å². The molecule has 0 saturated heterocycles. The minimum Gasteiger partial charge on any atom is -0.223 e. The zero-order valence-corrected chi connectivity index (χ0v) is 11.5. The zero-order valence-electron chi connectivity index (χ0n) is 10.7. The average molecular weight is 272 g/mol. The van der Waals surface area contributed by atoms with Crippen LogP contribution in [0.2, 0.25) is 0 Å². The molecule has 19 heavy (non-hydrogen) atoms. The molecule has 0 heterocycles. The normalized spacial score (nSPS) is 13.5. The summed E-state index contributed by atoms with van der Waals surface area (Å²) >= 11 is 0. The monoisotopic (exact) mass is 272 g/mol. The molecule has 2 aromatic rings. The summed E-state index contributed by atoms with van der Waals surface area (Å²) in [7, 11) is -3.30. The van der Waals surface area contributed by atoms with Crippen LogP contribution in [0.25, 0.3) is 6.08 Å². The third-order valence-corrected chi connectivity index (χ3v) is 4.99. The van der Waals surface area contributed by atoms with E-state index in [4.69, 9.17) is 0 Å². The Morgan fingerprint density at radius 2 is 1.42 bits per heavy atom. The van der Waals surface area contributed by atoms with Crippen molar-refractivity contribution in [1.29, 1.82) is 0 Å². The maximum absolute atomic E-state index is 12.3. The summed E-state index contributed by atoms with van der Waals surface area (Å²) in [5.41, 5.74) is 0.998. The maximum Gasteiger partial charge on any atom is 0.184 e. The number of hydrogen-bond acceptors (Lipinski definition) is 2. The van der Waals surface area contributed by atoms with Gasteiger partial charge in [0.1, 0.15) is 0 Å². The topological polar surface area (TPSA) is 34.1 Å². The van der Waals surface area contributed by atoms with E-state index in [1.54, 1.807) is 37.3 Å². The largest absolute Gasteiger partial charge is 0.223 e. The summed E-state index contributed by atoms with van der Waals surface area (Å²) in [5, 5.41) is -0.546. The fourth-order valence-corrected chi connectivity index (χ4v) is 2.99. The molecule has 2 rings (SSSR count). The van der Waals surface area contributed by atoms with Gasteiger partial charge >= 0.3 is 0 Å². The Balaban J connectivity index is 2.21. The number of hydrogen-bond donors (Lipinski definition) is 0. The van der Waals surface area contributed by atoms with Gasteiger partial charge in [0.15, 0.2) is 9.84 Å². The maximum atomic E-state index is 12.3. The number of rotatable bonds is 4. The zero-order chi connectivity index (χ0) is 13.7. The van der Waals surface area contributed by atoms with Crippen LogP contribution in [0, 0.1) is 0 Å². The molecule has 0 spiro atoms. The lowest BCUT2D eigenvalue weighted by Crippen LogP contribution is -2.15. The van der Waals surface area contributed by atoms with Crippen molar-refractivity contribution in [1.82, 2.24) is 0 Å². The second-order valence-corrected chi connectivity index (χ2v) is 6.64. The van der Waals surface area contributed by atoms with E-state index < -0.39 is 15.1 Å². The molecule has 0 radical (unpaired) electrons. The molecule has 0 amide bonds. The SMILES string of the molecule is CC(/C=C/c1ccccc1)S(=O)(=O)c1ccccc1. The average Bonchev–Trinajstić information content (AvgIpc) is 2.46. The van der Waals surface area contributed by atoms with Gasteiger partial charge in [-0.3, -0.25) is 0 Å². The third-order valence-electron chi connectivity index (χ3n) is 2.92. The van der Waals surface area contributed by atoms with Crippen molar-refractivity contribution in [2.75, 3.05) is 0 Å². The minimum atomic E-state index is -3.30. The smallest absolute Gasteiger partial charge is 0.184 e. The van der Waals surface area contributed by atoms with Gasteiger partial charge in [0.2, 0.25) is 0 Å². The summed E-state index contributed by atoms with van der Waals surface area (Å²) in [6.07, 6.45) is 3.56. The van der Waals surface area contributed by atoms with Gasteiger partial charge in [-0.1, -0.05) is 60.7 Å². The quantitative estimate of drug-likeness (QED) is 0.852. The molecule has 3 heteroatoms. The van der Waals surface area contributed by atoms with Crippen LogP contribution < -0.4 is 0 Å². The summed E-state index contributed by atoms with van der Waals surface area (Å²) in [6, 6.07) is 18.2. The molecule has 1 unspecified atom stereocenters. The Labute approximate surface area is 114 Å². The van der Waals surface area contributed by atoms with E-state index in [0.717, 1.165) is 5.56 Å². The predicted molar refractivity (Wildman–Crippen MR) is 78.6 cm³/mol. The third kappa shape index (κ3) is 3.32. The van der Waals surface area contributed by atoms with E-state index in [1.165, 1.54) is 0 Å². The fraction of sp³-hybridized carbons (Fsp3) is 0.125. The van der Waals surface area contributed by atoms with Gasteiger partial charge in [-0.25, -0.2) is 8.42 Å². The molecule has 0 fully saturated rings. The lowest BCUT2D eigenvalue weighted by molar-refractivity contribution is 0.591. The van der Waals surface area contributed by atoms with E-state index in [0.29, 0.717) is 4.90 Å². The highest BCUT2D eigenvalue weighted by atomic mass is 32.2.